The van der Waals surface area contributed by atoms with Crippen LogP contribution < -0.4 is 16.4 Å². The fraction of sp³-hybridized carbons (Fsp3) is 0.222. The quantitative estimate of drug-likeness (QED) is 0.746. The van der Waals surface area contributed by atoms with E-state index in [4.69, 9.17) is 17.3 Å². The minimum absolute atomic E-state index is 0.0400. The molecule has 2 aromatic carbocycles. The number of benzene rings is 2. The number of carbonyl (C=O) groups is 2. The van der Waals surface area contributed by atoms with Crippen LogP contribution in [0.25, 0.3) is 0 Å². The standard InChI is InChI=1S/C18H20ClN3O2/c1-12(13-6-9-15(10-7-13)22-18(20)24)21-17(23)11-8-14-4-2-3-5-16(14)19/h2-7,9-10,12H,8,11H2,1H3,(H,21,23)(H3,20,22,24). The summed E-state index contributed by atoms with van der Waals surface area (Å²) in [6.07, 6.45) is 0.967. The number of rotatable bonds is 6. The highest BCUT2D eigenvalue weighted by molar-refractivity contribution is 6.31. The zero-order valence-electron chi connectivity index (χ0n) is 13.4. The first-order valence-electron chi connectivity index (χ1n) is 7.65. The van der Waals surface area contributed by atoms with E-state index in [1.54, 1.807) is 12.1 Å². The molecule has 4 N–H and O–H groups in total. The van der Waals surface area contributed by atoms with Crippen molar-refractivity contribution in [3.8, 4) is 0 Å². The van der Waals surface area contributed by atoms with Gasteiger partial charge in [0.1, 0.15) is 0 Å². The summed E-state index contributed by atoms with van der Waals surface area (Å²) < 4.78 is 0. The van der Waals surface area contributed by atoms with Crippen LogP contribution in [-0.4, -0.2) is 11.9 Å². The van der Waals surface area contributed by atoms with Crippen LogP contribution in [0.4, 0.5) is 10.5 Å². The number of halogens is 1. The maximum atomic E-state index is 12.1. The summed E-state index contributed by atoms with van der Waals surface area (Å²) in [6, 6.07) is 13.9. The van der Waals surface area contributed by atoms with E-state index >= 15 is 0 Å². The van der Waals surface area contributed by atoms with E-state index in [0.717, 1.165) is 11.1 Å². The summed E-state index contributed by atoms with van der Waals surface area (Å²) in [6.45, 7) is 1.91. The van der Waals surface area contributed by atoms with E-state index in [-0.39, 0.29) is 11.9 Å². The Bertz CT molecular complexity index is 716. The molecule has 126 valence electrons. The van der Waals surface area contributed by atoms with Gasteiger partial charge in [-0.2, -0.15) is 0 Å². The van der Waals surface area contributed by atoms with Crippen LogP contribution >= 0.6 is 11.6 Å². The summed E-state index contributed by atoms with van der Waals surface area (Å²) in [5, 5.41) is 6.12. The number of amides is 3. The number of carbonyl (C=O) groups excluding carboxylic acids is 2. The van der Waals surface area contributed by atoms with Crippen molar-refractivity contribution in [3.05, 3.63) is 64.7 Å². The van der Waals surface area contributed by atoms with Gasteiger partial charge in [0.25, 0.3) is 0 Å². The molecule has 5 nitrogen and oxygen atoms in total. The minimum atomic E-state index is -0.608. The number of hydrogen-bond donors (Lipinski definition) is 3. The van der Waals surface area contributed by atoms with E-state index in [0.29, 0.717) is 23.6 Å². The molecule has 6 heteroatoms. The summed E-state index contributed by atoms with van der Waals surface area (Å²) >= 11 is 6.09. The molecule has 0 saturated carbocycles. The largest absolute Gasteiger partial charge is 0.351 e. The number of aryl methyl sites for hydroxylation is 1. The normalized spacial score (nSPS) is 11.6. The summed E-state index contributed by atoms with van der Waals surface area (Å²) in [5.74, 6) is -0.0400. The third-order valence-electron chi connectivity index (χ3n) is 3.63. The predicted octanol–water partition coefficient (Wildman–Crippen LogP) is 3.64. The van der Waals surface area contributed by atoms with Gasteiger partial charge in [0.05, 0.1) is 6.04 Å². The Labute approximate surface area is 146 Å². The van der Waals surface area contributed by atoms with E-state index in [1.165, 1.54) is 0 Å². The zero-order valence-corrected chi connectivity index (χ0v) is 14.1. The SMILES string of the molecule is CC(NC(=O)CCc1ccccc1Cl)c1ccc(NC(N)=O)cc1. The fourth-order valence-electron chi connectivity index (χ4n) is 2.34. The van der Waals surface area contributed by atoms with E-state index in [9.17, 15) is 9.59 Å². The Morgan fingerprint density at radius 3 is 2.42 bits per heavy atom. The van der Waals surface area contributed by atoms with Gasteiger partial charge in [-0.15, -0.1) is 0 Å². The Morgan fingerprint density at radius 1 is 1.12 bits per heavy atom. The van der Waals surface area contributed by atoms with Crippen molar-refractivity contribution in [1.29, 1.82) is 0 Å². The molecule has 0 aliphatic carbocycles. The molecular formula is C18H20ClN3O2. The van der Waals surface area contributed by atoms with Crippen LogP contribution in [0.1, 0.15) is 30.5 Å². The first-order valence-corrected chi connectivity index (χ1v) is 8.02. The zero-order chi connectivity index (χ0) is 17.5. The van der Waals surface area contributed by atoms with E-state index in [2.05, 4.69) is 10.6 Å². The van der Waals surface area contributed by atoms with Crippen LogP contribution in [0.3, 0.4) is 0 Å². The molecule has 0 aromatic heterocycles. The molecule has 0 saturated heterocycles. The van der Waals surface area contributed by atoms with Crippen molar-refractivity contribution >= 4 is 29.2 Å². The molecule has 2 rings (SSSR count). The van der Waals surface area contributed by atoms with Crippen LogP contribution in [0.15, 0.2) is 48.5 Å². The maximum Gasteiger partial charge on any atom is 0.316 e. The van der Waals surface area contributed by atoms with Crippen molar-refractivity contribution in [1.82, 2.24) is 5.32 Å². The molecular weight excluding hydrogens is 326 g/mol. The second kappa shape index (κ2) is 8.36. The number of urea groups is 1. The fourth-order valence-corrected chi connectivity index (χ4v) is 2.57. The second-order valence-corrected chi connectivity index (χ2v) is 5.90. The van der Waals surface area contributed by atoms with Crippen molar-refractivity contribution in [2.75, 3.05) is 5.32 Å². The van der Waals surface area contributed by atoms with Gasteiger partial charge >= 0.3 is 6.03 Å². The average molecular weight is 346 g/mol. The van der Waals surface area contributed by atoms with Crippen molar-refractivity contribution < 1.29 is 9.59 Å². The number of anilines is 1. The Kier molecular flexibility index (Phi) is 6.21. The van der Waals surface area contributed by atoms with Crippen molar-refractivity contribution in [2.45, 2.75) is 25.8 Å². The lowest BCUT2D eigenvalue weighted by molar-refractivity contribution is -0.121. The molecule has 0 aliphatic rings. The molecule has 3 amide bonds. The smallest absolute Gasteiger partial charge is 0.316 e. The summed E-state index contributed by atoms with van der Waals surface area (Å²) in [4.78, 5) is 22.9. The van der Waals surface area contributed by atoms with Gasteiger partial charge in [-0.05, 0) is 42.7 Å². The predicted molar refractivity (Wildman–Crippen MR) is 96.0 cm³/mol. The average Bonchev–Trinajstić information content (AvgIpc) is 2.54. The van der Waals surface area contributed by atoms with Gasteiger partial charge in [0, 0.05) is 17.1 Å². The minimum Gasteiger partial charge on any atom is -0.351 e. The first-order chi connectivity index (χ1) is 11.5. The third-order valence-corrected chi connectivity index (χ3v) is 4.00. The lowest BCUT2D eigenvalue weighted by Gasteiger charge is -2.15. The van der Waals surface area contributed by atoms with Crippen LogP contribution in [-0.2, 0) is 11.2 Å². The van der Waals surface area contributed by atoms with E-state index in [1.807, 2.05) is 43.3 Å². The van der Waals surface area contributed by atoms with Gasteiger partial charge in [0.15, 0.2) is 0 Å². The monoisotopic (exact) mass is 345 g/mol. The van der Waals surface area contributed by atoms with Gasteiger partial charge in [0.2, 0.25) is 5.91 Å². The van der Waals surface area contributed by atoms with Crippen LogP contribution in [0.5, 0.6) is 0 Å². The third kappa shape index (κ3) is 5.28. The Balaban J connectivity index is 1.87. The maximum absolute atomic E-state index is 12.1. The summed E-state index contributed by atoms with van der Waals surface area (Å²) in [5.41, 5.74) is 7.58. The Hall–Kier alpha value is -2.53. The van der Waals surface area contributed by atoms with Gasteiger partial charge in [-0.3, -0.25) is 4.79 Å². The van der Waals surface area contributed by atoms with Crippen LogP contribution in [0.2, 0.25) is 5.02 Å². The molecule has 1 unspecified atom stereocenters. The molecule has 0 fully saturated rings. The summed E-state index contributed by atoms with van der Waals surface area (Å²) in [7, 11) is 0. The lowest BCUT2D eigenvalue weighted by atomic mass is 10.1. The molecule has 0 aliphatic heterocycles. The molecule has 1 atom stereocenters. The number of nitrogens with two attached hydrogens (primary N) is 1. The number of nitrogens with one attached hydrogen (secondary N) is 2. The lowest BCUT2D eigenvalue weighted by Crippen LogP contribution is -2.26. The second-order valence-electron chi connectivity index (χ2n) is 5.49. The molecule has 2 aromatic rings. The number of hydrogen-bond acceptors (Lipinski definition) is 2. The van der Waals surface area contributed by atoms with Crippen molar-refractivity contribution in [2.24, 2.45) is 5.73 Å². The molecule has 0 bridgehead atoms. The van der Waals surface area contributed by atoms with E-state index < -0.39 is 6.03 Å². The molecule has 0 radical (unpaired) electrons. The highest BCUT2D eigenvalue weighted by Gasteiger charge is 2.10. The highest BCUT2D eigenvalue weighted by atomic mass is 35.5. The highest BCUT2D eigenvalue weighted by Crippen LogP contribution is 2.18. The van der Waals surface area contributed by atoms with Gasteiger partial charge in [-0.1, -0.05) is 41.9 Å². The van der Waals surface area contributed by atoms with Crippen molar-refractivity contribution in [3.63, 3.8) is 0 Å². The first kappa shape index (κ1) is 17.8. The Morgan fingerprint density at radius 2 is 1.79 bits per heavy atom. The molecule has 0 spiro atoms. The number of primary amides is 1. The van der Waals surface area contributed by atoms with Gasteiger partial charge in [-0.25, -0.2) is 4.79 Å². The molecule has 0 heterocycles. The molecule has 24 heavy (non-hydrogen) atoms. The van der Waals surface area contributed by atoms with Crippen LogP contribution in [0, 0.1) is 0 Å². The van der Waals surface area contributed by atoms with Gasteiger partial charge < -0.3 is 16.4 Å². The topological polar surface area (TPSA) is 84.2 Å².